The van der Waals surface area contributed by atoms with Crippen molar-refractivity contribution >= 4 is 5.91 Å². The van der Waals surface area contributed by atoms with Crippen LogP contribution in [-0.2, 0) is 0 Å². The zero-order valence-electron chi connectivity index (χ0n) is 15.0. The Morgan fingerprint density at radius 1 is 1.21 bits per heavy atom. The molecule has 0 aliphatic carbocycles. The summed E-state index contributed by atoms with van der Waals surface area (Å²) in [6.07, 6.45) is 1.08. The number of aromatic nitrogens is 3. The van der Waals surface area contributed by atoms with E-state index in [0.717, 1.165) is 25.2 Å². The average Bonchev–Trinajstić information content (AvgIpc) is 2.96. The van der Waals surface area contributed by atoms with Crippen molar-refractivity contribution in [2.24, 2.45) is 0 Å². The van der Waals surface area contributed by atoms with Crippen LogP contribution in [0.5, 0.6) is 0 Å². The van der Waals surface area contributed by atoms with E-state index in [-0.39, 0.29) is 11.7 Å². The molecule has 0 aliphatic heterocycles. The van der Waals surface area contributed by atoms with Crippen molar-refractivity contribution in [1.29, 1.82) is 0 Å². The van der Waals surface area contributed by atoms with Gasteiger partial charge in [0.05, 0.1) is 5.69 Å². The van der Waals surface area contributed by atoms with Crippen LogP contribution in [0.1, 0.15) is 55.1 Å². The molecule has 2 aromatic rings. The van der Waals surface area contributed by atoms with Crippen LogP contribution in [0.2, 0.25) is 0 Å². The van der Waals surface area contributed by atoms with Gasteiger partial charge in [-0.15, -0.1) is 5.10 Å². The van der Waals surface area contributed by atoms with Crippen LogP contribution < -0.4 is 10.6 Å². The quantitative estimate of drug-likeness (QED) is 0.730. The highest BCUT2D eigenvalue weighted by Crippen LogP contribution is 2.23. The largest absolute Gasteiger partial charge is 0.348 e. The molecule has 6 heteroatoms. The van der Waals surface area contributed by atoms with Crippen LogP contribution in [0.3, 0.4) is 0 Å². The Balaban J connectivity index is 2.12. The van der Waals surface area contributed by atoms with Gasteiger partial charge in [0.15, 0.2) is 0 Å². The summed E-state index contributed by atoms with van der Waals surface area (Å²) < 4.78 is 1.75. The van der Waals surface area contributed by atoms with Crippen LogP contribution >= 0.6 is 0 Å². The van der Waals surface area contributed by atoms with Crippen molar-refractivity contribution in [3.05, 3.63) is 41.5 Å². The molecular weight excluding hydrogens is 302 g/mol. The third kappa shape index (κ3) is 4.41. The number of nitrogens with one attached hydrogen (secondary N) is 2. The number of carbonyl (C=O) groups is 1. The molecule has 1 aromatic heterocycles. The van der Waals surface area contributed by atoms with Crippen molar-refractivity contribution in [3.8, 4) is 5.69 Å². The second kappa shape index (κ2) is 8.59. The minimum Gasteiger partial charge on any atom is -0.348 e. The number of aryl methyl sites for hydroxylation is 1. The molecule has 0 fully saturated rings. The summed E-state index contributed by atoms with van der Waals surface area (Å²) in [4.78, 5) is 16.5. The van der Waals surface area contributed by atoms with Crippen molar-refractivity contribution in [1.82, 2.24) is 25.4 Å². The van der Waals surface area contributed by atoms with Gasteiger partial charge >= 0.3 is 0 Å². The lowest BCUT2D eigenvalue weighted by molar-refractivity contribution is 0.0943. The van der Waals surface area contributed by atoms with E-state index in [0.29, 0.717) is 18.3 Å². The van der Waals surface area contributed by atoms with E-state index in [9.17, 15) is 4.79 Å². The average molecular weight is 329 g/mol. The lowest BCUT2D eigenvalue weighted by atomic mass is 10.0. The summed E-state index contributed by atoms with van der Waals surface area (Å²) in [7, 11) is 0. The van der Waals surface area contributed by atoms with E-state index < -0.39 is 0 Å². The van der Waals surface area contributed by atoms with Gasteiger partial charge < -0.3 is 10.6 Å². The molecule has 6 nitrogen and oxygen atoms in total. The third-order valence-electron chi connectivity index (χ3n) is 3.77. The summed E-state index contributed by atoms with van der Waals surface area (Å²) in [6.45, 7) is 10.5. The molecule has 0 atom stereocenters. The zero-order valence-corrected chi connectivity index (χ0v) is 15.0. The van der Waals surface area contributed by atoms with Crippen LogP contribution in [0.4, 0.5) is 0 Å². The highest BCUT2D eigenvalue weighted by molar-refractivity contribution is 5.90. The topological polar surface area (TPSA) is 71.8 Å². The maximum Gasteiger partial charge on any atom is 0.291 e. The molecule has 0 saturated heterocycles. The van der Waals surface area contributed by atoms with Gasteiger partial charge in [-0.25, -0.2) is 9.67 Å². The fourth-order valence-corrected chi connectivity index (χ4v) is 2.53. The first-order valence-electron chi connectivity index (χ1n) is 8.56. The molecule has 0 bridgehead atoms. The van der Waals surface area contributed by atoms with E-state index >= 15 is 0 Å². The molecule has 0 spiro atoms. The monoisotopic (exact) mass is 329 g/mol. The number of benzene rings is 1. The molecule has 0 saturated carbocycles. The minimum atomic E-state index is -0.239. The Morgan fingerprint density at radius 2 is 1.96 bits per heavy atom. The summed E-state index contributed by atoms with van der Waals surface area (Å²) in [5.41, 5.74) is 2.15. The number of hydrogen-bond acceptors (Lipinski definition) is 4. The van der Waals surface area contributed by atoms with E-state index in [2.05, 4.69) is 47.6 Å². The highest BCUT2D eigenvalue weighted by Gasteiger charge is 2.17. The number of para-hydroxylation sites is 1. The fourth-order valence-electron chi connectivity index (χ4n) is 2.53. The number of rotatable bonds is 8. The molecule has 1 amide bonds. The second-order valence-corrected chi connectivity index (χ2v) is 6.11. The predicted octanol–water partition coefficient (Wildman–Crippen LogP) is 2.43. The maximum atomic E-state index is 12.2. The Hall–Kier alpha value is -2.21. The molecule has 0 unspecified atom stereocenters. The Kier molecular flexibility index (Phi) is 6.49. The van der Waals surface area contributed by atoms with Gasteiger partial charge in [0.2, 0.25) is 5.82 Å². The number of carbonyl (C=O) groups excluding carboxylic acids is 1. The predicted molar refractivity (Wildman–Crippen MR) is 95.7 cm³/mol. The molecule has 24 heavy (non-hydrogen) atoms. The SMILES string of the molecule is CCCNCCNC(=O)c1nc(C)n(-c2ccccc2C(C)C)n1. The summed E-state index contributed by atoms with van der Waals surface area (Å²) in [5, 5.41) is 10.5. The van der Waals surface area contributed by atoms with Gasteiger partial charge in [-0.05, 0) is 37.4 Å². The number of nitrogens with zero attached hydrogens (tertiary/aromatic N) is 3. The molecule has 1 heterocycles. The summed E-state index contributed by atoms with van der Waals surface area (Å²) in [5.74, 6) is 1.04. The first-order valence-corrected chi connectivity index (χ1v) is 8.56. The van der Waals surface area contributed by atoms with Crippen molar-refractivity contribution < 1.29 is 4.79 Å². The smallest absolute Gasteiger partial charge is 0.291 e. The Bertz CT molecular complexity index is 678. The molecule has 2 N–H and O–H groups in total. The van der Waals surface area contributed by atoms with Crippen molar-refractivity contribution in [2.75, 3.05) is 19.6 Å². The summed E-state index contributed by atoms with van der Waals surface area (Å²) >= 11 is 0. The summed E-state index contributed by atoms with van der Waals surface area (Å²) in [6, 6.07) is 8.08. The zero-order chi connectivity index (χ0) is 17.5. The highest BCUT2D eigenvalue weighted by atomic mass is 16.2. The van der Waals surface area contributed by atoms with E-state index in [1.807, 2.05) is 25.1 Å². The minimum absolute atomic E-state index is 0.210. The molecule has 1 aromatic carbocycles. The lowest BCUT2D eigenvalue weighted by Crippen LogP contribution is -2.32. The normalized spacial score (nSPS) is 11.0. The van der Waals surface area contributed by atoms with E-state index in [1.165, 1.54) is 5.56 Å². The molecule has 2 rings (SSSR count). The standard InChI is InChI=1S/C18H27N5O/c1-5-10-19-11-12-20-18(24)17-21-14(4)23(22-17)16-9-7-6-8-15(16)13(2)3/h6-9,13,19H,5,10-12H2,1-4H3,(H,20,24). The molecule has 0 aliphatic rings. The van der Waals surface area contributed by atoms with Gasteiger partial charge in [0.25, 0.3) is 5.91 Å². The molecular formula is C18H27N5O. The van der Waals surface area contributed by atoms with E-state index in [1.54, 1.807) is 4.68 Å². The Labute approximate surface area is 143 Å². The van der Waals surface area contributed by atoms with Gasteiger partial charge in [-0.2, -0.15) is 0 Å². The lowest BCUT2D eigenvalue weighted by Gasteiger charge is -2.12. The molecule has 130 valence electrons. The first-order chi connectivity index (χ1) is 11.5. The second-order valence-electron chi connectivity index (χ2n) is 6.11. The van der Waals surface area contributed by atoms with Gasteiger partial charge in [-0.3, -0.25) is 4.79 Å². The van der Waals surface area contributed by atoms with Gasteiger partial charge in [0.1, 0.15) is 5.82 Å². The van der Waals surface area contributed by atoms with Gasteiger partial charge in [0, 0.05) is 13.1 Å². The first kappa shape index (κ1) is 18.1. The number of hydrogen-bond donors (Lipinski definition) is 2. The fraction of sp³-hybridized carbons (Fsp3) is 0.500. The van der Waals surface area contributed by atoms with E-state index in [4.69, 9.17) is 0 Å². The van der Waals surface area contributed by atoms with Crippen LogP contribution in [0.15, 0.2) is 24.3 Å². The maximum absolute atomic E-state index is 12.2. The third-order valence-corrected chi connectivity index (χ3v) is 3.77. The van der Waals surface area contributed by atoms with Crippen LogP contribution in [0.25, 0.3) is 5.69 Å². The number of amides is 1. The van der Waals surface area contributed by atoms with Crippen LogP contribution in [0, 0.1) is 6.92 Å². The van der Waals surface area contributed by atoms with Gasteiger partial charge in [-0.1, -0.05) is 39.0 Å². The van der Waals surface area contributed by atoms with Crippen LogP contribution in [-0.4, -0.2) is 40.3 Å². The molecule has 0 radical (unpaired) electrons. The Morgan fingerprint density at radius 3 is 2.67 bits per heavy atom. The van der Waals surface area contributed by atoms with Crippen molar-refractivity contribution in [2.45, 2.75) is 40.0 Å². The van der Waals surface area contributed by atoms with Crippen molar-refractivity contribution in [3.63, 3.8) is 0 Å².